The summed E-state index contributed by atoms with van der Waals surface area (Å²) < 4.78 is 11.2. The number of hydrogen-bond acceptors (Lipinski definition) is 6. The minimum atomic E-state index is -0.0505. The summed E-state index contributed by atoms with van der Waals surface area (Å²) >= 11 is 1.56. The number of carbonyl (C=O) groups is 1. The molecule has 4 rings (SSSR count). The molecule has 1 N–H and O–H groups in total. The maximum atomic E-state index is 12.4. The Morgan fingerprint density at radius 3 is 2.93 bits per heavy atom. The fourth-order valence-electron chi connectivity index (χ4n) is 3.67. The van der Waals surface area contributed by atoms with Crippen LogP contribution < -0.4 is 14.8 Å². The van der Waals surface area contributed by atoms with Gasteiger partial charge >= 0.3 is 0 Å². The SMILES string of the molecule is CN(CCC(=O)Nc1sc2c(c1C#N)CCC2)Cc1ccc2c(c1)OCCO2. The Morgan fingerprint density at radius 1 is 1.29 bits per heavy atom. The molecule has 2 aromatic rings. The molecule has 0 atom stereocenters. The number of fused-ring (bicyclic) bond motifs is 2. The van der Waals surface area contributed by atoms with E-state index in [1.807, 2.05) is 25.2 Å². The van der Waals surface area contributed by atoms with Crippen LogP contribution in [0.4, 0.5) is 5.00 Å². The van der Waals surface area contributed by atoms with E-state index >= 15 is 0 Å². The van der Waals surface area contributed by atoms with Crippen LogP contribution in [-0.4, -0.2) is 37.6 Å². The highest BCUT2D eigenvalue weighted by Crippen LogP contribution is 2.38. The Bertz CT molecular complexity index is 932. The number of nitrogens with one attached hydrogen (secondary N) is 1. The first-order valence-electron chi connectivity index (χ1n) is 9.55. The summed E-state index contributed by atoms with van der Waals surface area (Å²) in [5, 5.41) is 13.1. The van der Waals surface area contributed by atoms with Gasteiger partial charge in [0.25, 0.3) is 0 Å². The summed E-state index contributed by atoms with van der Waals surface area (Å²) in [4.78, 5) is 15.7. The van der Waals surface area contributed by atoms with Crippen molar-refractivity contribution in [3.05, 3.63) is 39.8 Å². The van der Waals surface area contributed by atoms with E-state index in [9.17, 15) is 10.1 Å². The van der Waals surface area contributed by atoms with Crippen LogP contribution in [0.2, 0.25) is 0 Å². The highest BCUT2D eigenvalue weighted by molar-refractivity contribution is 7.16. The number of nitriles is 1. The summed E-state index contributed by atoms with van der Waals surface area (Å²) in [6.07, 6.45) is 3.45. The lowest BCUT2D eigenvalue weighted by atomic mass is 10.1. The second-order valence-corrected chi connectivity index (χ2v) is 8.29. The maximum Gasteiger partial charge on any atom is 0.226 e. The largest absolute Gasteiger partial charge is 0.486 e. The third-order valence-electron chi connectivity index (χ3n) is 5.07. The predicted octanol–water partition coefficient (Wildman–Crippen LogP) is 3.34. The monoisotopic (exact) mass is 397 g/mol. The quantitative estimate of drug-likeness (QED) is 0.809. The van der Waals surface area contributed by atoms with Crippen LogP contribution in [0.5, 0.6) is 11.5 Å². The van der Waals surface area contributed by atoms with Crippen LogP contribution in [0.25, 0.3) is 0 Å². The molecule has 0 spiro atoms. The molecular weight excluding hydrogens is 374 g/mol. The normalized spacial score (nSPS) is 14.6. The van der Waals surface area contributed by atoms with Gasteiger partial charge < -0.3 is 19.7 Å². The van der Waals surface area contributed by atoms with E-state index in [1.54, 1.807) is 11.3 Å². The van der Waals surface area contributed by atoms with Gasteiger partial charge in [-0.3, -0.25) is 4.79 Å². The van der Waals surface area contributed by atoms with Gasteiger partial charge in [-0.2, -0.15) is 5.26 Å². The second-order valence-electron chi connectivity index (χ2n) is 7.19. The number of ether oxygens (including phenoxy) is 2. The van der Waals surface area contributed by atoms with Gasteiger partial charge in [0.2, 0.25) is 5.91 Å². The molecule has 6 nitrogen and oxygen atoms in total. The van der Waals surface area contributed by atoms with E-state index in [0.29, 0.717) is 36.7 Å². The second kappa shape index (κ2) is 8.21. The van der Waals surface area contributed by atoms with Crippen molar-refractivity contribution in [2.45, 2.75) is 32.2 Å². The zero-order valence-corrected chi connectivity index (χ0v) is 16.7. The molecule has 0 unspecified atom stereocenters. The van der Waals surface area contributed by atoms with Crippen molar-refractivity contribution in [2.24, 2.45) is 0 Å². The molecule has 1 aromatic carbocycles. The van der Waals surface area contributed by atoms with E-state index in [1.165, 1.54) is 4.88 Å². The first kappa shape index (κ1) is 18.8. The van der Waals surface area contributed by atoms with E-state index in [4.69, 9.17) is 9.47 Å². The molecule has 0 radical (unpaired) electrons. The van der Waals surface area contributed by atoms with Crippen LogP contribution in [0, 0.1) is 11.3 Å². The van der Waals surface area contributed by atoms with Crippen molar-refractivity contribution in [1.82, 2.24) is 4.90 Å². The first-order chi connectivity index (χ1) is 13.6. The number of anilines is 1. The number of benzene rings is 1. The molecule has 2 heterocycles. The molecule has 1 aliphatic carbocycles. The zero-order chi connectivity index (χ0) is 19.5. The van der Waals surface area contributed by atoms with E-state index in [-0.39, 0.29) is 5.91 Å². The Morgan fingerprint density at radius 2 is 2.11 bits per heavy atom. The van der Waals surface area contributed by atoms with Gasteiger partial charge in [0.15, 0.2) is 11.5 Å². The third kappa shape index (κ3) is 3.98. The zero-order valence-electron chi connectivity index (χ0n) is 15.9. The summed E-state index contributed by atoms with van der Waals surface area (Å²) in [6.45, 7) is 2.51. The molecule has 0 saturated heterocycles. The maximum absolute atomic E-state index is 12.4. The number of hydrogen-bond donors (Lipinski definition) is 1. The fraction of sp³-hybridized carbons (Fsp3) is 0.429. The van der Waals surface area contributed by atoms with Gasteiger partial charge in [0.1, 0.15) is 24.3 Å². The molecule has 7 heteroatoms. The van der Waals surface area contributed by atoms with E-state index < -0.39 is 0 Å². The van der Waals surface area contributed by atoms with Crippen LogP contribution in [-0.2, 0) is 24.2 Å². The number of thiophene rings is 1. The van der Waals surface area contributed by atoms with Crippen molar-refractivity contribution in [2.75, 3.05) is 32.1 Å². The lowest BCUT2D eigenvalue weighted by molar-refractivity contribution is -0.116. The van der Waals surface area contributed by atoms with Gasteiger partial charge in [-0.15, -0.1) is 11.3 Å². The predicted molar refractivity (Wildman–Crippen MR) is 108 cm³/mol. The number of nitrogens with zero attached hydrogens (tertiary/aromatic N) is 2. The fourth-order valence-corrected chi connectivity index (χ4v) is 4.92. The minimum Gasteiger partial charge on any atom is -0.486 e. The average Bonchev–Trinajstić information content (AvgIpc) is 3.27. The van der Waals surface area contributed by atoms with E-state index in [0.717, 1.165) is 48.4 Å². The molecule has 0 saturated carbocycles. The highest BCUT2D eigenvalue weighted by Gasteiger charge is 2.23. The van der Waals surface area contributed by atoms with Crippen LogP contribution in [0.1, 0.15) is 34.4 Å². The number of aryl methyl sites for hydroxylation is 1. The summed E-state index contributed by atoms with van der Waals surface area (Å²) in [5.74, 6) is 1.52. The molecule has 28 heavy (non-hydrogen) atoms. The van der Waals surface area contributed by atoms with E-state index in [2.05, 4.69) is 16.3 Å². The first-order valence-corrected chi connectivity index (χ1v) is 10.4. The Hall–Kier alpha value is -2.56. The Kier molecular flexibility index (Phi) is 5.51. The Balaban J connectivity index is 1.30. The molecule has 1 aromatic heterocycles. The number of carbonyl (C=O) groups excluding carboxylic acids is 1. The number of amides is 1. The topological polar surface area (TPSA) is 74.6 Å². The minimum absolute atomic E-state index is 0.0505. The number of rotatable bonds is 6. The lowest BCUT2D eigenvalue weighted by Gasteiger charge is -2.21. The molecule has 1 aliphatic heterocycles. The lowest BCUT2D eigenvalue weighted by Crippen LogP contribution is -2.24. The standard InChI is InChI=1S/C21H23N3O3S/c1-24(13-14-5-6-17-18(11-14)27-10-9-26-17)8-7-20(25)23-21-16(12-22)15-3-2-4-19(15)28-21/h5-6,11H,2-4,7-10,13H2,1H3,(H,23,25). The summed E-state index contributed by atoms with van der Waals surface area (Å²) in [6, 6.07) is 8.22. The van der Waals surface area contributed by atoms with Crippen molar-refractivity contribution in [1.29, 1.82) is 5.26 Å². The summed E-state index contributed by atoms with van der Waals surface area (Å²) in [7, 11) is 1.99. The molecule has 0 bridgehead atoms. The van der Waals surface area contributed by atoms with Crippen molar-refractivity contribution < 1.29 is 14.3 Å². The average molecular weight is 398 g/mol. The van der Waals surface area contributed by atoms with Gasteiger partial charge in [-0.05, 0) is 49.6 Å². The van der Waals surface area contributed by atoms with Crippen LogP contribution in [0.15, 0.2) is 18.2 Å². The molecular formula is C21H23N3O3S. The van der Waals surface area contributed by atoms with Crippen LogP contribution >= 0.6 is 11.3 Å². The van der Waals surface area contributed by atoms with Gasteiger partial charge in [0, 0.05) is 24.4 Å². The van der Waals surface area contributed by atoms with Gasteiger partial charge in [-0.1, -0.05) is 6.07 Å². The van der Waals surface area contributed by atoms with Gasteiger partial charge in [0.05, 0.1) is 5.56 Å². The van der Waals surface area contributed by atoms with Crippen molar-refractivity contribution >= 4 is 22.2 Å². The molecule has 0 fully saturated rings. The smallest absolute Gasteiger partial charge is 0.226 e. The molecule has 2 aliphatic rings. The van der Waals surface area contributed by atoms with Crippen molar-refractivity contribution in [3.63, 3.8) is 0 Å². The Labute approximate surface area is 168 Å². The summed E-state index contributed by atoms with van der Waals surface area (Å²) in [5.41, 5.74) is 2.92. The van der Waals surface area contributed by atoms with Crippen LogP contribution in [0.3, 0.4) is 0 Å². The highest BCUT2D eigenvalue weighted by atomic mass is 32.1. The van der Waals surface area contributed by atoms with Crippen molar-refractivity contribution in [3.8, 4) is 17.6 Å². The third-order valence-corrected chi connectivity index (χ3v) is 6.27. The van der Waals surface area contributed by atoms with Gasteiger partial charge in [-0.25, -0.2) is 0 Å². The molecule has 146 valence electrons. The molecule has 1 amide bonds.